The summed E-state index contributed by atoms with van der Waals surface area (Å²) in [5.41, 5.74) is 0.0948. The van der Waals surface area contributed by atoms with Gasteiger partial charge in [-0.15, -0.1) is 0 Å². The van der Waals surface area contributed by atoms with Crippen LogP contribution in [0.3, 0.4) is 0 Å². The van der Waals surface area contributed by atoms with Crippen molar-refractivity contribution in [3.8, 4) is 0 Å². The van der Waals surface area contributed by atoms with Crippen LogP contribution in [0.25, 0.3) is 16.7 Å². The predicted octanol–water partition coefficient (Wildman–Crippen LogP) is 2.82. The van der Waals surface area contributed by atoms with Crippen molar-refractivity contribution in [2.24, 2.45) is 4.99 Å². The van der Waals surface area contributed by atoms with Crippen LogP contribution in [-0.2, 0) is 16.0 Å². The van der Waals surface area contributed by atoms with Crippen molar-refractivity contribution in [1.29, 1.82) is 0 Å². The lowest BCUT2D eigenvalue weighted by atomic mass is 10.1. The molecular formula is C26H25N5O7. The van der Waals surface area contributed by atoms with Crippen LogP contribution in [0.1, 0.15) is 39.6 Å². The number of aromatic nitrogens is 3. The molecule has 0 aliphatic rings. The van der Waals surface area contributed by atoms with Crippen molar-refractivity contribution in [2.45, 2.75) is 26.8 Å². The molecule has 0 bridgehead atoms. The minimum Gasteiger partial charge on any atom is -0.462 e. The van der Waals surface area contributed by atoms with Gasteiger partial charge in [0.05, 0.1) is 16.9 Å². The molecule has 0 aliphatic carbocycles. The molecule has 3 aromatic heterocycles. The van der Waals surface area contributed by atoms with E-state index in [1.807, 2.05) is 0 Å². The number of carbonyl (C=O) groups excluding carboxylic acids is 2. The number of aryl methyl sites for hydroxylation is 2. The number of nitro groups is 1. The Kier molecular flexibility index (Phi) is 7.72. The maximum atomic E-state index is 13.4. The van der Waals surface area contributed by atoms with E-state index in [0.717, 1.165) is 6.07 Å². The highest BCUT2D eigenvalue weighted by molar-refractivity contribution is 5.97. The summed E-state index contributed by atoms with van der Waals surface area (Å²) < 4.78 is 13.2. The van der Waals surface area contributed by atoms with Gasteiger partial charge in [-0.05, 0) is 44.5 Å². The number of ether oxygens (including phenoxy) is 2. The quantitative estimate of drug-likeness (QED) is 0.113. The minimum atomic E-state index is -0.809. The summed E-state index contributed by atoms with van der Waals surface area (Å²) in [6.07, 6.45) is 2.01. The summed E-state index contributed by atoms with van der Waals surface area (Å²) >= 11 is 0. The van der Waals surface area contributed by atoms with Gasteiger partial charge in [-0.25, -0.2) is 9.78 Å². The molecule has 0 N–H and O–H groups in total. The molecule has 0 saturated carbocycles. The molecule has 4 rings (SSSR count). The van der Waals surface area contributed by atoms with Crippen molar-refractivity contribution >= 4 is 34.2 Å². The molecule has 0 atom stereocenters. The van der Waals surface area contributed by atoms with E-state index in [4.69, 9.17) is 9.47 Å². The maximum absolute atomic E-state index is 13.4. The van der Waals surface area contributed by atoms with Gasteiger partial charge in [-0.3, -0.25) is 24.1 Å². The third-order valence-corrected chi connectivity index (χ3v) is 5.88. The topological polar surface area (TPSA) is 147 Å². The molecule has 12 nitrogen and oxygen atoms in total. The molecule has 0 aliphatic heterocycles. The predicted molar refractivity (Wildman–Crippen MR) is 137 cm³/mol. The summed E-state index contributed by atoms with van der Waals surface area (Å²) in [5.74, 6) is -1.59. The number of nitro benzene ring substituents is 1. The first kappa shape index (κ1) is 26.4. The Labute approximate surface area is 215 Å². The van der Waals surface area contributed by atoms with Crippen LogP contribution < -0.4 is 11.0 Å². The second kappa shape index (κ2) is 11.1. The van der Waals surface area contributed by atoms with Crippen molar-refractivity contribution < 1.29 is 24.0 Å². The fraction of sp³-hybridized carbons (Fsp3) is 0.269. The van der Waals surface area contributed by atoms with Gasteiger partial charge in [0.2, 0.25) is 0 Å². The van der Waals surface area contributed by atoms with Crippen molar-refractivity contribution in [3.63, 3.8) is 0 Å². The van der Waals surface area contributed by atoms with E-state index >= 15 is 0 Å². The molecule has 1 aromatic carbocycles. The Morgan fingerprint density at radius 2 is 1.97 bits per heavy atom. The Balaban J connectivity index is 2.07. The van der Waals surface area contributed by atoms with Crippen molar-refractivity contribution in [1.82, 2.24) is 14.0 Å². The lowest BCUT2D eigenvalue weighted by Crippen LogP contribution is -2.33. The van der Waals surface area contributed by atoms with E-state index in [1.165, 1.54) is 34.3 Å². The summed E-state index contributed by atoms with van der Waals surface area (Å²) in [6.45, 7) is 3.79. The number of amides is 1. The lowest BCUT2D eigenvalue weighted by Gasteiger charge is -2.15. The highest BCUT2D eigenvalue weighted by Crippen LogP contribution is 2.20. The monoisotopic (exact) mass is 519 g/mol. The normalized spacial score (nSPS) is 11.7. The zero-order valence-electron chi connectivity index (χ0n) is 21.0. The standard InChI is InChI=1S/C26H25N5O7/c1-4-38-26(34)19-15-18-22(27-21-8-5-6-11-29(21)25(18)33)30(12-7-13-37-3)23(19)28-24(32)17-10-9-16(2)20(14-17)31(35)36/h5-6,8-11,14-15H,4,7,12-13H2,1-3H3. The first-order valence-electron chi connectivity index (χ1n) is 11.8. The van der Waals surface area contributed by atoms with Gasteiger partial charge in [0.1, 0.15) is 16.9 Å². The third kappa shape index (κ3) is 5.06. The van der Waals surface area contributed by atoms with Crippen LogP contribution in [0, 0.1) is 17.0 Å². The first-order valence-corrected chi connectivity index (χ1v) is 11.8. The smallest absolute Gasteiger partial charge is 0.341 e. The molecule has 0 radical (unpaired) electrons. The van der Waals surface area contributed by atoms with Gasteiger partial charge < -0.3 is 14.0 Å². The molecule has 4 aromatic rings. The lowest BCUT2D eigenvalue weighted by molar-refractivity contribution is -0.385. The molecule has 196 valence electrons. The number of nitrogens with zero attached hydrogens (tertiary/aromatic N) is 5. The molecule has 0 unspecified atom stereocenters. The third-order valence-electron chi connectivity index (χ3n) is 5.88. The maximum Gasteiger partial charge on any atom is 0.341 e. The van der Waals surface area contributed by atoms with E-state index in [0.29, 0.717) is 24.2 Å². The molecular weight excluding hydrogens is 494 g/mol. The number of hydrogen-bond donors (Lipinski definition) is 0. The van der Waals surface area contributed by atoms with Gasteiger partial charge in [0.15, 0.2) is 5.49 Å². The minimum absolute atomic E-state index is 0.0350. The molecule has 38 heavy (non-hydrogen) atoms. The van der Waals surface area contributed by atoms with Crippen LogP contribution in [0.4, 0.5) is 5.69 Å². The second-order valence-electron chi connectivity index (χ2n) is 8.36. The SMILES string of the molecule is CCOC(=O)c1cc2c(=O)n3ccccc3nc2n(CCCOC)c1=NC(=O)c1ccc(C)c([N+](=O)[O-])c1. The van der Waals surface area contributed by atoms with Crippen LogP contribution in [0.15, 0.2) is 58.4 Å². The summed E-state index contributed by atoms with van der Waals surface area (Å²) in [7, 11) is 1.54. The van der Waals surface area contributed by atoms with Crippen molar-refractivity contribution in [3.05, 3.63) is 91.3 Å². The highest BCUT2D eigenvalue weighted by atomic mass is 16.6. The molecule has 0 spiro atoms. The van der Waals surface area contributed by atoms with E-state index in [9.17, 15) is 24.5 Å². The average Bonchev–Trinajstić information content (AvgIpc) is 2.90. The fourth-order valence-corrected chi connectivity index (χ4v) is 4.04. The molecule has 1 amide bonds. The number of esters is 1. The van der Waals surface area contributed by atoms with Gasteiger partial charge in [0, 0.05) is 43.7 Å². The molecule has 0 saturated heterocycles. The van der Waals surface area contributed by atoms with Gasteiger partial charge in [0.25, 0.3) is 17.2 Å². The van der Waals surface area contributed by atoms with Crippen LogP contribution >= 0.6 is 0 Å². The molecule has 12 heteroatoms. The van der Waals surface area contributed by atoms with Crippen LogP contribution in [0.2, 0.25) is 0 Å². The number of rotatable bonds is 8. The van der Waals surface area contributed by atoms with E-state index < -0.39 is 22.4 Å². The van der Waals surface area contributed by atoms with E-state index in [1.54, 1.807) is 38.2 Å². The Bertz CT molecular complexity index is 1700. The highest BCUT2D eigenvalue weighted by Gasteiger charge is 2.21. The Morgan fingerprint density at radius 3 is 2.68 bits per heavy atom. The van der Waals surface area contributed by atoms with Crippen LogP contribution in [-0.4, -0.2) is 51.1 Å². The van der Waals surface area contributed by atoms with Crippen molar-refractivity contribution in [2.75, 3.05) is 20.3 Å². The fourth-order valence-electron chi connectivity index (χ4n) is 4.04. The zero-order valence-corrected chi connectivity index (χ0v) is 21.0. The van der Waals surface area contributed by atoms with Gasteiger partial charge in [-0.2, -0.15) is 4.99 Å². The first-order chi connectivity index (χ1) is 18.3. The summed E-state index contributed by atoms with van der Waals surface area (Å²) in [6, 6.07) is 10.4. The van der Waals surface area contributed by atoms with E-state index in [-0.39, 0.29) is 46.5 Å². The number of fused-ring (bicyclic) bond motifs is 2. The van der Waals surface area contributed by atoms with Gasteiger partial charge in [-0.1, -0.05) is 12.1 Å². The number of hydrogen-bond acceptors (Lipinski definition) is 8. The number of methoxy groups -OCH3 is 1. The van der Waals surface area contributed by atoms with E-state index in [2.05, 4.69) is 9.98 Å². The average molecular weight is 520 g/mol. The molecule has 3 heterocycles. The van der Waals surface area contributed by atoms with Crippen LogP contribution in [0.5, 0.6) is 0 Å². The number of benzene rings is 1. The number of carbonyl (C=O) groups is 2. The Hall–Kier alpha value is -4.71. The summed E-state index contributed by atoms with van der Waals surface area (Å²) in [4.78, 5) is 59.3. The second-order valence-corrected chi connectivity index (χ2v) is 8.36. The summed E-state index contributed by atoms with van der Waals surface area (Å²) in [5, 5.41) is 11.5. The molecule has 0 fully saturated rings. The van der Waals surface area contributed by atoms with Gasteiger partial charge >= 0.3 is 5.97 Å². The largest absolute Gasteiger partial charge is 0.462 e. The zero-order chi connectivity index (χ0) is 27.4. The number of pyridine rings is 2. The Morgan fingerprint density at radius 1 is 1.18 bits per heavy atom.